The molecule has 1 unspecified atom stereocenters. The van der Waals surface area contributed by atoms with Crippen molar-refractivity contribution in [2.75, 3.05) is 0 Å². The number of halogens is 2. The van der Waals surface area contributed by atoms with Crippen molar-refractivity contribution >= 4 is 15.9 Å². The van der Waals surface area contributed by atoms with Crippen LogP contribution in [-0.4, -0.2) is 5.11 Å². The van der Waals surface area contributed by atoms with Gasteiger partial charge in [0.15, 0.2) is 0 Å². The van der Waals surface area contributed by atoms with Crippen LogP contribution in [0, 0.1) is 12.7 Å². The van der Waals surface area contributed by atoms with Gasteiger partial charge in [0.1, 0.15) is 17.7 Å². The molecule has 1 N–H and O–H groups in total. The van der Waals surface area contributed by atoms with Gasteiger partial charge in [0.2, 0.25) is 0 Å². The summed E-state index contributed by atoms with van der Waals surface area (Å²) in [6.45, 7) is 1.72. The molecule has 0 aromatic heterocycles. The van der Waals surface area contributed by atoms with Crippen molar-refractivity contribution < 1.29 is 14.2 Å². The molecule has 104 valence electrons. The topological polar surface area (TPSA) is 29.5 Å². The third-order valence-electron chi connectivity index (χ3n) is 3.59. The minimum absolute atomic E-state index is 0.228. The molecule has 2 atom stereocenters. The van der Waals surface area contributed by atoms with E-state index in [0.717, 1.165) is 15.6 Å². The summed E-state index contributed by atoms with van der Waals surface area (Å²) >= 11 is 3.40. The van der Waals surface area contributed by atoms with Crippen molar-refractivity contribution in [2.24, 2.45) is 0 Å². The second-order valence-corrected chi connectivity index (χ2v) is 5.96. The number of ether oxygens (including phenoxy) is 1. The summed E-state index contributed by atoms with van der Waals surface area (Å²) in [6, 6.07) is 10.5. The quantitative estimate of drug-likeness (QED) is 0.833. The van der Waals surface area contributed by atoms with Crippen LogP contribution in [0.3, 0.4) is 0 Å². The van der Waals surface area contributed by atoms with Gasteiger partial charge in [0.25, 0.3) is 0 Å². The smallest absolute Gasteiger partial charge is 0.127 e. The van der Waals surface area contributed by atoms with Crippen molar-refractivity contribution in [3.63, 3.8) is 0 Å². The first-order valence-corrected chi connectivity index (χ1v) is 7.24. The number of fused-ring (bicyclic) bond motifs is 1. The first-order valence-electron chi connectivity index (χ1n) is 6.45. The van der Waals surface area contributed by atoms with Gasteiger partial charge in [-0.25, -0.2) is 4.39 Å². The van der Waals surface area contributed by atoms with Crippen molar-refractivity contribution in [2.45, 2.75) is 25.6 Å². The maximum absolute atomic E-state index is 13.3. The molecule has 0 bridgehead atoms. The number of aryl methyl sites for hydroxylation is 1. The van der Waals surface area contributed by atoms with Crippen LogP contribution in [0.5, 0.6) is 5.75 Å². The van der Waals surface area contributed by atoms with Gasteiger partial charge < -0.3 is 9.84 Å². The number of aliphatic hydroxyl groups is 1. The molecule has 3 rings (SSSR count). The number of hydrogen-bond acceptors (Lipinski definition) is 2. The molecule has 0 saturated heterocycles. The summed E-state index contributed by atoms with van der Waals surface area (Å²) < 4.78 is 20.2. The van der Waals surface area contributed by atoms with Crippen molar-refractivity contribution in [1.82, 2.24) is 0 Å². The number of aliphatic hydroxyl groups excluding tert-OH is 1. The maximum Gasteiger partial charge on any atom is 0.127 e. The van der Waals surface area contributed by atoms with Gasteiger partial charge in [-0.05, 0) is 42.3 Å². The maximum atomic E-state index is 13.3. The Kier molecular flexibility index (Phi) is 3.52. The molecule has 1 aliphatic rings. The van der Waals surface area contributed by atoms with Crippen LogP contribution in [0.2, 0.25) is 0 Å². The van der Waals surface area contributed by atoms with E-state index in [4.69, 9.17) is 4.74 Å². The third-order valence-corrected chi connectivity index (χ3v) is 4.09. The highest BCUT2D eigenvalue weighted by molar-refractivity contribution is 9.10. The monoisotopic (exact) mass is 336 g/mol. The third kappa shape index (κ3) is 2.45. The average molecular weight is 337 g/mol. The Balaban J connectivity index is 1.96. The predicted molar refractivity (Wildman–Crippen MR) is 78.2 cm³/mol. The Bertz CT molecular complexity index is 657. The Morgan fingerprint density at radius 3 is 2.80 bits per heavy atom. The van der Waals surface area contributed by atoms with Gasteiger partial charge in [0, 0.05) is 16.5 Å². The summed E-state index contributed by atoms with van der Waals surface area (Å²) in [6.07, 6.45) is -0.354. The van der Waals surface area contributed by atoms with E-state index in [0.29, 0.717) is 17.7 Å². The van der Waals surface area contributed by atoms with E-state index in [1.165, 1.54) is 6.07 Å². The highest BCUT2D eigenvalue weighted by Gasteiger charge is 2.28. The zero-order valence-corrected chi connectivity index (χ0v) is 12.5. The summed E-state index contributed by atoms with van der Waals surface area (Å²) in [5.74, 6) is 0.443. The van der Waals surface area contributed by atoms with Gasteiger partial charge in [-0.3, -0.25) is 0 Å². The molecule has 0 amide bonds. The highest BCUT2D eigenvalue weighted by atomic mass is 79.9. The second-order valence-electron chi connectivity index (χ2n) is 5.05. The fourth-order valence-electron chi connectivity index (χ4n) is 2.49. The van der Waals surface area contributed by atoms with E-state index in [1.54, 1.807) is 19.1 Å². The van der Waals surface area contributed by atoms with Crippen LogP contribution in [0.1, 0.15) is 35.3 Å². The summed E-state index contributed by atoms with van der Waals surface area (Å²) in [5, 5.41) is 10.2. The Hall–Kier alpha value is -1.39. The molecule has 2 aromatic rings. The van der Waals surface area contributed by atoms with Crippen molar-refractivity contribution in [1.29, 1.82) is 0 Å². The number of hydrogen-bond donors (Lipinski definition) is 1. The molecule has 0 fully saturated rings. The molecule has 0 aliphatic carbocycles. The van der Waals surface area contributed by atoms with Crippen LogP contribution in [0.25, 0.3) is 0 Å². The normalized spacial score (nSPS) is 21.2. The number of benzene rings is 2. The summed E-state index contributed by atoms with van der Waals surface area (Å²) in [4.78, 5) is 0. The van der Waals surface area contributed by atoms with Crippen LogP contribution < -0.4 is 4.74 Å². The van der Waals surface area contributed by atoms with Gasteiger partial charge in [-0.2, -0.15) is 0 Å². The standard InChI is InChI=1S/C16H14BrFO2/c1-9-6-10(2-5-13(9)18)15-8-14(19)12-4-3-11(17)7-16(12)20-15/h2-7,14-15,19H,8H2,1H3/t14-,15?/m1/s1. The summed E-state index contributed by atoms with van der Waals surface area (Å²) in [7, 11) is 0. The zero-order valence-electron chi connectivity index (χ0n) is 10.9. The average Bonchev–Trinajstić information content (AvgIpc) is 2.41. The van der Waals surface area contributed by atoms with Crippen LogP contribution in [-0.2, 0) is 0 Å². The van der Waals surface area contributed by atoms with E-state index < -0.39 is 6.10 Å². The minimum atomic E-state index is -0.567. The van der Waals surface area contributed by atoms with Crippen molar-refractivity contribution in [3.05, 3.63) is 63.4 Å². The number of rotatable bonds is 1. The fraction of sp³-hybridized carbons (Fsp3) is 0.250. The highest BCUT2D eigenvalue weighted by Crippen LogP contribution is 2.41. The molecule has 0 saturated carbocycles. The van der Waals surface area contributed by atoms with E-state index in [1.807, 2.05) is 18.2 Å². The molecule has 4 heteroatoms. The predicted octanol–water partition coefficient (Wildman–Crippen LogP) is 4.45. The molecule has 1 heterocycles. The lowest BCUT2D eigenvalue weighted by Gasteiger charge is -2.30. The molecular formula is C16H14BrFO2. The van der Waals surface area contributed by atoms with E-state index in [-0.39, 0.29) is 11.9 Å². The van der Waals surface area contributed by atoms with Gasteiger partial charge >= 0.3 is 0 Å². The van der Waals surface area contributed by atoms with Crippen LogP contribution in [0.15, 0.2) is 40.9 Å². The van der Waals surface area contributed by atoms with Crippen LogP contribution >= 0.6 is 15.9 Å². The van der Waals surface area contributed by atoms with Gasteiger partial charge in [-0.15, -0.1) is 0 Å². The van der Waals surface area contributed by atoms with E-state index in [2.05, 4.69) is 15.9 Å². The van der Waals surface area contributed by atoms with E-state index in [9.17, 15) is 9.50 Å². The lowest BCUT2D eigenvalue weighted by molar-refractivity contribution is 0.0656. The molecule has 20 heavy (non-hydrogen) atoms. The second kappa shape index (κ2) is 5.19. The Morgan fingerprint density at radius 2 is 2.05 bits per heavy atom. The molecule has 2 aromatic carbocycles. The zero-order chi connectivity index (χ0) is 14.3. The Labute approximate surface area is 125 Å². The molecular weight excluding hydrogens is 323 g/mol. The van der Waals surface area contributed by atoms with Crippen LogP contribution in [0.4, 0.5) is 4.39 Å². The fourth-order valence-corrected chi connectivity index (χ4v) is 2.83. The first-order chi connectivity index (χ1) is 9.54. The largest absolute Gasteiger partial charge is 0.485 e. The Morgan fingerprint density at radius 1 is 1.25 bits per heavy atom. The lowest BCUT2D eigenvalue weighted by Crippen LogP contribution is -2.19. The SMILES string of the molecule is Cc1cc(C2C[C@@H](O)c3ccc(Br)cc3O2)ccc1F. The van der Waals surface area contributed by atoms with E-state index >= 15 is 0 Å². The lowest BCUT2D eigenvalue weighted by atomic mass is 9.94. The van der Waals surface area contributed by atoms with Gasteiger partial charge in [0.05, 0.1) is 6.10 Å². The molecule has 2 nitrogen and oxygen atoms in total. The summed E-state index contributed by atoms with van der Waals surface area (Å²) in [5.41, 5.74) is 2.26. The molecule has 1 aliphatic heterocycles. The van der Waals surface area contributed by atoms with Crippen molar-refractivity contribution in [3.8, 4) is 5.75 Å². The molecule has 0 radical (unpaired) electrons. The first kappa shape index (κ1) is 13.6. The van der Waals surface area contributed by atoms with Gasteiger partial charge in [-0.1, -0.05) is 28.1 Å². The minimum Gasteiger partial charge on any atom is -0.485 e. The molecule has 0 spiro atoms.